The van der Waals surface area contributed by atoms with Crippen molar-refractivity contribution in [3.63, 3.8) is 0 Å². The van der Waals surface area contributed by atoms with E-state index in [1.54, 1.807) is 38.3 Å². The average molecular weight is 404 g/mol. The standard InChI is InChI=1S/C21H25N3O3.ClH/c1-3-20(25)23-16-8-6-7-15(13-16)21(26)24-12-11-22-14-18(24)17-9-4-5-10-19(17)27-2;/h4-10,13,18,22H,3,11-12,14H2,1-2H3,(H,23,25);1H. The van der Waals surface area contributed by atoms with Crippen molar-refractivity contribution in [3.05, 3.63) is 59.7 Å². The molecule has 1 unspecified atom stereocenters. The number of ether oxygens (including phenoxy) is 1. The molecule has 2 amide bonds. The fourth-order valence-electron chi connectivity index (χ4n) is 3.31. The second kappa shape index (κ2) is 10.1. The second-order valence-corrected chi connectivity index (χ2v) is 6.44. The molecule has 150 valence electrons. The molecule has 2 aromatic rings. The first-order valence-corrected chi connectivity index (χ1v) is 9.18. The number of rotatable bonds is 5. The van der Waals surface area contributed by atoms with Gasteiger partial charge in [0.05, 0.1) is 13.2 Å². The van der Waals surface area contributed by atoms with Crippen LogP contribution in [0.15, 0.2) is 48.5 Å². The minimum absolute atomic E-state index is 0. The van der Waals surface area contributed by atoms with E-state index < -0.39 is 0 Å². The van der Waals surface area contributed by atoms with Gasteiger partial charge in [-0.1, -0.05) is 31.2 Å². The van der Waals surface area contributed by atoms with Crippen LogP contribution in [-0.2, 0) is 4.79 Å². The quantitative estimate of drug-likeness (QED) is 0.803. The molecule has 2 aromatic carbocycles. The lowest BCUT2D eigenvalue weighted by Gasteiger charge is -2.37. The van der Waals surface area contributed by atoms with Crippen LogP contribution in [0.25, 0.3) is 0 Å². The fourth-order valence-corrected chi connectivity index (χ4v) is 3.31. The van der Waals surface area contributed by atoms with Crippen LogP contribution in [0.4, 0.5) is 5.69 Å². The van der Waals surface area contributed by atoms with Gasteiger partial charge >= 0.3 is 0 Å². The summed E-state index contributed by atoms with van der Waals surface area (Å²) in [7, 11) is 1.64. The summed E-state index contributed by atoms with van der Waals surface area (Å²) in [5, 5.41) is 6.17. The Labute approximate surface area is 171 Å². The van der Waals surface area contributed by atoms with E-state index in [0.717, 1.165) is 17.9 Å². The Morgan fingerprint density at radius 2 is 2.00 bits per heavy atom. The highest BCUT2D eigenvalue weighted by Crippen LogP contribution is 2.31. The van der Waals surface area contributed by atoms with Crippen LogP contribution in [-0.4, -0.2) is 43.5 Å². The van der Waals surface area contributed by atoms with Crippen LogP contribution in [0.3, 0.4) is 0 Å². The number of benzene rings is 2. The highest BCUT2D eigenvalue weighted by Gasteiger charge is 2.30. The van der Waals surface area contributed by atoms with Crippen LogP contribution in [0.1, 0.15) is 35.3 Å². The maximum Gasteiger partial charge on any atom is 0.254 e. The molecular weight excluding hydrogens is 378 g/mol. The number of nitrogens with zero attached hydrogens (tertiary/aromatic N) is 1. The number of methoxy groups -OCH3 is 1. The van der Waals surface area contributed by atoms with E-state index >= 15 is 0 Å². The average Bonchev–Trinajstić information content (AvgIpc) is 2.73. The number of amides is 2. The molecule has 28 heavy (non-hydrogen) atoms. The maximum absolute atomic E-state index is 13.2. The molecule has 1 aliphatic rings. The van der Waals surface area contributed by atoms with Crippen molar-refractivity contribution in [1.29, 1.82) is 0 Å². The van der Waals surface area contributed by atoms with E-state index in [1.807, 2.05) is 29.2 Å². The van der Waals surface area contributed by atoms with Crippen LogP contribution in [0, 0.1) is 0 Å². The minimum Gasteiger partial charge on any atom is -0.496 e. The third-order valence-electron chi connectivity index (χ3n) is 4.72. The monoisotopic (exact) mass is 403 g/mol. The van der Waals surface area contributed by atoms with Crippen molar-refractivity contribution in [2.45, 2.75) is 19.4 Å². The van der Waals surface area contributed by atoms with E-state index in [-0.39, 0.29) is 30.3 Å². The molecule has 1 aliphatic heterocycles. The van der Waals surface area contributed by atoms with Crippen molar-refractivity contribution in [2.75, 3.05) is 32.1 Å². The number of para-hydroxylation sites is 1. The van der Waals surface area contributed by atoms with E-state index in [1.165, 1.54) is 0 Å². The summed E-state index contributed by atoms with van der Waals surface area (Å²) in [5.74, 6) is 0.640. The third-order valence-corrected chi connectivity index (χ3v) is 4.72. The third kappa shape index (κ3) is 4.82. The first-order valence-electron chi connectivity index (χ1n) is 9.18. The molecule has 0 aromatic heterocycles. The number of anilines is 1. The lowest BCUT2D eigenvalue weighted by Crippen LogP contribution is -2.48. The van der Waals surface area contributed by atoms with E-state index in [2.05, 4.69) is 10.6 Å². The van der Waals surface area contributed by atoms with Gasteiger partial charge in [-0.3, -0.25) is 9.59 Å². The Morgan fingerprint density at radius 3 is 2.75 bits per heavy atom. The normalized spacial score (nSPS) is 16.1. The van der Waals surface area contributed by atoms with Crippen molar-refractivity contribution in [3.8, 4) is 5.75 Å². The molecule has 0 bridgehead atoms. The summed E-state index contributed by atoms with van der Waals surface area (Å²) in [6.07, 6.45) is 0.395. The number of carbonyl (C=O) groups is 2. The Bertz CT molecular complexity index is 828. The van der Waals surface area contributed by atoms with Crippen molar-refractivity contribution in [1.82, 2.24) is 10.2 Å². The zero-order chi connectivity index (χ0) is 19.2. The van der Waals surface area contributed by atoms with E-state index in [9.17, 15) is 9.59 Å². The smallest absolute Gasteiger partial charge is 0.254 e. The van der Waals surface area contributed by atoms with Gasteiger partial charge in [0.25, 0.3) is 5.91 Å². The maximum atomic E-state index is 13.2. The molecule has 1 saturated heterocycles. The number of piperazine rings is 1. The molecule has 1 heterocycles. The summed E-state index contributed by atoms with van der Waals surface area (Å²) in [6.45, 7) is 3.80. The van der Waals surface area contributed by atoms with Gasteiger partial charge in [-0.25, -0.2) is 0 Å². The van der Waals surface area contributed by atoms with Gasteiger partial charge in [0.1, 0.15) is 5.75 Å². The zero-order valence-electron chi connectivity index (χ0n) is 16.1. The van der Waals surface area contributed by atoms with Crippen molar-refractivity contribution in [2.24, 2.45) is 0 Å². The van der Waals surface area contributed by atoms with Gasteiger partial charge in [-0.2, -0.15) is 0 Å². The number of hydrogen-bond donors (Lipinski definition) is 2. The molecule has 1 fully saturated rings. The first-order chi connectivity index (χ1) is 13.1. The van der Waals surface area contributed by atoms with Crippen LogP contribution in [0.2, 0.25) is 0 Å². The Hall–Kier alpha value is -2.57. The lowest BCUT2D eigenvalue weighted by molar-refractivity contribution is -0.115. The molecular formula is C21H26ClN3O3. The number of nitrogens with one attached hydrogen (secondary N) is 2. The van der Waals surface area contributed by atoms with Gasteiger partial charge in [0, 0.05) is 42.9 Å². The van der Waals surface area contributed by atoms with Crippen LogP contribution >= 0.6 is 12.4 Å². The molecule has 7 heteroatoms. The minimum atomic E-state index is -0.115. The summed E-state index contributed by atoms with van der Waals surface area (Å²) in [5.41, 5.74) is 2.18. The van der Waals surface area contributed by atoms with Crippen LogP contribution in [0.5, 0.6) is 5.75 Å². The van der Waals surface area contributed by atoms with Crippen molar-refractivity contribution < 1.29 is 14.3 Å². The van der Waals surface area contributed by atoms with E-state index in [0.29, 0.717) is 30.8 Å². The number of hydrogen-bond acceptors (Lipinski definition) is 4. The van der Waals surface area contributed by atoms with Gasteiger partial charge in [-0.05, 0) is 24.3 Å². The summed E-state index contributed by atoms with van der Waals surface area (Å²) in [4.78, 5) is 26.7. The van der Waals surface area contributed by atoms with Gasteiger partial charge in [0.2, 0.25) is 5.91 Å². The molecule has 0 aliphatic carbocycles. The molecule has 2 N–H and O–H groups in total. The topological polar surface area (TPSA) is 70.7 Å². The predicted molar refractivity (Wildman–Crippen MR) is 112 cm³/mol. The predicted octanol–water partition coefficient (Wildman–Crippen LogP) is 3.25. The molecule has 3 rings (SSSR count). The summed E-state index contributed by atoms with van der Waals surface area (Å²) in [6, 6.07) is 14.8. The molecule has 6 nitrogen and oxygen atoms in total. The molecule has 1 atom stereocenters. The van der Waals surface area contributed by atoms with Crippen molar-refractivity contribution >= 4 is 29.9 Å². The summed E-state index contributed by atoms with van der Waals surface area (Å²) >= 11 is 0. The SMILES string of the molecule is CCC(=O)Nc1cccc(C(=O)N2CCNCC2c2ccccc2OC)c1.Cl. The highest BCUT2D eigenvalue weighted by molar-refractivity contribution is 5.97. The highest BCUT2D eigenvalue weighted by atomic mass is 35.5. The van der Waals surface area contributed by atoms with Crippen LogP contribution < -0.4 is 15.4 Å². The largest absolute Gasteiger partial charge is 0.496 e. The summed E-state index contributed by atoms with van der Waals surface area (Å²) < 4.78 is 5.49. The Balaban J connectivity index is 0.00000280. The number of carbonyl (C=O) groups excluding carboxylic acids is 2. The molecule has 0 spiro atoms. The second-order valence-electron chi connectivity index (χ2n) is 6.44. The Morgan fingerprint density at radius 1 is 1.21 bits per heavy atom. The first kappa shape index (κ1) is 21.7. The lowest BCUT2D eigenvalue weighted by atomic mass is 10.0. The van der Waals surface area contributed by atoms with Gasteiger partial charge in [-0.15, -0.1) is 12.4 Å². The molecule has 0 saturated carbocycles. The van der Waals surface area contributed by atoms with Gasteiger partial charge in [0.15, 0.2) is 0 Å². The molecule has 0 radical (unpaired) electrons. The number of halogens is 1. The zero-order valence-corrected chi connectivity index (χ0v) is 16.9. The fraction of sp³-hybridized carbons (Fsp3) is 0.333. The Kier molecular flexibility index (Phi) is 7.84. The van der Waals surface area contributed by atoms with E-state index in [4.69, 9.17) is 4.74 Å². The van der Waals surface area contributed by atoms with Gasteiger partial charge < -0.3 is 20.3 Å².